The third kappa shape index (κ3) is 3.30. The largest absolute Gasteiger partial charge is 0.486 e. The molecule has 0 spiro atoms. The van der Waals surface area contributed by atoms with E-state index >= 15 is 0 Å². The van der Waals surface area contributed by atoms with Crippen LogP contribution < -0.4 is 15.2 Å². The maximum absolute atomic E-state index is 5.62. The smallest absolute Gasteiger partial charge is 0.162 e. The van der Waals surface area contributed by atoms with E-state index in [0.717, 1.165) is 17.9 Å². The summed E-state index contributed by atoms with van der Waals surface area (Å²) in [6, 6.07) is 6.11. The summed E-state index contributed by atoms with van der Waals surface area (Å²) in [6.45, 7) is 6.40. The third-order valence-electron chi connectivity index (χ3n) is 2.65. The Bertz CT molecular complexity index is 393. The Morgan fingerprint density at radius 2 is 1.94 bits per heavy atom. The zero-order chi connectivity index (χ0) is 12.3. The van der Waals surface area contributed by atoms with Crippen LogP contribution in [0.15, 0.2) is 23.1 Å². The fourth-order valence-electron chi connectivity index (χ4n) is 1.80. The molecular weight excluding hydrogens is 234 g/mol. The first-order valence-electron chi connectivity index (χ1n) is 5.89. The number of rotatable bonds is 4. The standard InChI is InChI=1S/C13H19NO2S/c1-13(2,5-6-14)17-10-3-4-11-12(9-10)16-8-7-15-11/h3-4,9H,5-8,14H2,1-2H3. The van der Waals surface area contributed by atoms with E-state index in [1.54, 1.807) is 0 Å². The highest BCUT2D eigenvalue weighted by Gasteiger charge is 2.20. The van der Waals surface area contributed by atoms with Gasteiger partial charge in [0.1, 0.15) is 13.2 Å². The van der Waals surface area contributed by atoms with Gasteiger partial charge in [0.2, 0.25) is 0 Å². The number of fused-ring (bicyclic) bond motifs is 1. The highest BCUT2D eigenvalue weighted by atomic mass is 32.2. The molecule has 0 bridgehead atoms. The average molecular weight is 253 g/mol. The summed E-state index contributed by atoms with van der Waals surface area (Å²) in [5.74, 6) is 1.70. The molecule has 0 saturated carbocycles. The molecule has 2 N–H and O–H groups in total. The molecule has 0 aromatic heterocycles. The summed E-state index contributed by atoms with van der Waals surface area (Å²) in [5.41, 5.74) is 5.62. The Kier molecular flexibility index (Phi) is 3.84. The van der Waals surface area contributed by atoms with Crippen molar-refractivity contribution in [3.05, 3.63) is 18.2 Å². The van der Waals surface area contributed by atoms with Crippen LogP contribution in [-0.2, 0) is 0 Å². The second-order valence-electron chi connectivity index (χ2n) is 4.71. The van der Waals surface area contributed by atoms with Gasteiger partial charge in [-0.25, -0.2) is 0 Å². The molecule has 0 atom stereocenters. The lowest BCUT2D eigenvalue weighted by Crippen LogP contribution is -2.20. The van der Waals surface area contributed by atoms with Crippen molar-refractivity contribution >= 4 is 11.8 Å². The Labute approximate surface area is 107 Å². The molecule has 0 amide bonds. The van der Waals surface area contributed by atoms with Crippen molar-refractivity contribution in [2.45, 2.75) is 29.9 Å². The lowest BCUT2D eigenvalue weighted by Gasteiger charge is -2.24. The maximum Gasteiger partial charge on any atom is 0.162 e. The van der Waals surface area contributed by atoms with Crippen LogP contribution in [0.1, 0.15) is 20.3 Å². The fraction of sp³-hybridized carbons (Fsp3) is 0.538. The molecule has 1 heterocycles. The lowest BCUT2D eigenvalue weighted by atomic mass is 10.1. The van der Waals surface area contributed by atoms with Crippen LogP contribution in [-0.4, -0.2) is 24.5 Å². The van der Waals surface area contributed by atoms with Gasteiger partial charge in [-0.1, -0.05) is 13.8 Å². The molecule has 2 rings (SSSR count). The number of benzene rings is 1. The molecule has 1 aliphatic rings. The Morgan fingerprint density at radius 3 is 2.65 bits per heavy atom. The Balaban J connectivity index is 2.11. The molecule has 94 valence electrons. The van der Waals surface area contributed by atoms with E-state index in [2.05, 4.69) is 26.0 Å². The van der Waals surface area contributed by atoms with Crippen LogP contribution in [0.5, 0.6) is 11.5 Å². The SMILES string of the molecule is CC(C)(CCN)Sc1ccc2c(c1)OCCO2. The molecule has 0 unspecified atom stereocenters. The van der Waals surface area contributed by atoms with Crippen LogP contribution in [0.4, 0.5) is 0 Å². The fourth-order valence-corrected chi connectivity index (χ4v) is 2.96. The van der Waals surface area contributed by atoms with Gasteiger partial charge < -0.3 is 15.2 Å². The highest BCUT2D eigenvalue weighted by molar-refractivity contribution is 8.00. The predicted octanol–water partition coefficient (Wildman–Crippen LogP) is 2.68. The molecule has 0 fully saturated rings. The van der Waals surface area contributed by atoms with Gasteiger partial charge in [0, 0.05) is 9.64 Å². The second-order valence-corrected chi connectivity index (χ2v) is 6.49. The van der Waals surface area contributed by atoms with Gasteiger partial charge in [0.15, 0.2) is 11.5 Å². The van der Waals surface area contributed by atoms with Crippen molar-refractivity contribution < 1.29 is 9.47 Å². The van der Waals surface area contributed by atoms with Crippen LogP contribution in [0.3, 0.4) is 0 Å². The van der Waals surface area contributed by atoms with Crippen molar-refractivity contribution in [3.8, 4) is 11.5 Å². The van der Waals surface area contributed by atoms with Crippen LogP contribution in [0.2, 0.25) is 0 Å². The van der Waals surface area contributed by atoms with E-state index < -0.39 is 0 Å². The van der Waals surface area contributed by atoms with Gasteiger partial charge in [-0.05, 0) is 31.2 Å². The van der Waals surface area contributed by atoms with Crippen molar-refractivity contribution in [2.75, 3.05) is 19.8 Å². The van der Waals surface area contributed by atoms with E-state index in [1.807, 2.05) is 17.8 Å². The van der Waals surface area contributed by atoms with Crippen LogP contribution >= 0.6 is 11.8 Å². The first kappa shape index (κ1) is 12.6. The molecule has 1 aromatic carbocycles. The first-order chi connectivity index (χ1) is 8.11. The molecule has 0 radical (unpaired) electrons. The van der Waals surface area contributed by atoms with Crippen molar-refractivity contribution in [1.29, 1.82) is 0 Å². The molecule has 4 heteroatoms. The lowest BCUT2D eigenvalue weighted by molar-refractivity contribution is 0.171. The molecule has 3 nitrogen and oxygen atoms in total. The molecule has 1 aromatic rings. The number of nitrogens with two attached hydrogens (primary N) is 1. The topological polar surface area (TPSA) is 44.5 Å². The molecule has 1 aliphatic heterocycles. The van der Waals surface area contributed by atoms with Gasteiger partial charge in [0.05, 0.1) is 0 Å². The summed E-state index contributed by atoms with van der Waals surface area (Å²) in [4.78, 5) is 1.20. The first-order valence-corrected chi connectivity index (χ1v) is 6.71. The minimum atomic E-state index is 0.151. The molecule has 0 saturated heterocycles. The van der Waals surface area contributed by atoms with Crippen LogP contribution in [0.25, 0.3) is 0 Å². The van der Waals surface area contributed by atoms with E-state index in [4.69, 9.17) is 15.2 Å². The Hall–Kier alpha value is -0.870. The second kappa shape index (κ2) is 5.19. The van der Waals surface area contributed by atoms with E-state index in [9.17, 15) is 0 Å². The number of ether oxygens (including phenoxy) is 2. The van der Waals surface area contributed by atoms with Crippen molar-refractivity contribution in [2.24, 2.45) is 5.73 Å². The van der Waals surface area contributed by atoms with E-state index in [0.29, 0.717) is 19.8 Å². The summed E-state index contributed by atoms with van der Waals surface area (Å²) in [6.07, 6.45) is 0.992. The summed E-state index contributed by atoms with van der Waals surface area (Å²) in [5, 5.41) is 0. The van der Waals surface area contributed by atoms with Crippen molar-refractivity contribution in [1.82, 2.24) is 0 Å². The monoisotopic (exact) mass is 253 g/mol. The maximum atomic E-state index is 5.62. The van der Waals surface area contributed by atoms with Gasteiger partial charge in [-0.3, -0.25) is 0 Å². The quantitative estimate of drug-likeness (QED) is 0.838. The van der Waals surface area contributed by atoms with E-state index in [1.165, 1.54) is 4.90 Å². The van der Waals surface area contributed by atoms with Gasteiger partial charge in [-0.15, -0.1) is 11.8 Å². The summed E-state index contributed by atoms with van der Waals surface area (Å²) in [7, 11) is 0. The molecule has 17 heavy (non-hydrogen) atoms. The molecular formula is C13H19NO2S. The van der Waals surface area contributed by atoms with Crippen LogP contribution in [0, 0.1) is 0 Å². The summed E-state index contributed by atoms with van der Waals surface area (Å²) >= 11 is 1.83. The van der Waals surface area contributed by atoms with Gasteiger partial charge in [0.25, 0.3) is 0 Å². The minimum absolute atomic E-state index is 0.151. The number of hydrogen-bond donors (Lipinski definition) is 1. The highest BCUT2D eigenvalue weighted by Crippen LogP contribution is 2.39. The average Bonchev–Trinajstić information content (AvgIpc) is 2.28. The van der Waals surface area contributed by atoms with Crippen molar-refractivity contribution in [3.63, 3.8) is 0 Å². The number of thioether (sulfide) groups is 1. The zero-order valence-corrected chi connectivity index (χ0v) is 11.2. The molecule has 0 aliphatic carbocycles. The normalized spacial score (nSPS) is 14.8. The predicted molar refractivity (Wildman–Crippen MR) is 71.0 cm³/mol. The zero-order valence-electron chi connectivity index (χ0n) is 10.4. The summed E-state index contributed by atoms with van der Waals surface area (Å²) < 4.78 is 11.2. The minimum Gasteiger partial charge on any atom is -0.486 e. The van der Waals surface area contributed by atoms with Gasteiger partial charge >= 0.3 is 0 Å². The van der Waals surface area contributed by atoms with Gasteiger partial charge in [-0.2, -0.15) is 0 Å². The number of hydrogen-bond acceptors (Lipinski definition) is 4. The van der Waals surface area contributed by atoms with E-state index in [-0.39, 0.29) is 4.75 Å². The Morgan fingerprint density at radius 1 is 1.24 bits per heavy atom. The third-order valence-corrected chi connectivity index (χ3v) is 3.90.